The number of benzene rings is 2. The lowest BCUT2D eigenvalue weighted by Gasteiger charge is -2.31. The van der Waals surface area contributed by atoms with Gasteiger partial charge in [0.05, 0.1) is 10.9 Å². The van der Waals surface area contributed by atoms with E-state index in [1.54, 1.807) is 19.1 Å². The number of ether oxygens (including phenoxy) is 1. The van der Waals surface area contributed by atoms with Crippen LogP contribution in [0.3, 0.4) is 0 Å². The van der Waals surface area contributed by atoms with Crippen molar-refractivity contribution in [3.63, 3.8) is 0 Å². The molecule has 0 radical (unpaired) electrons. The van der Waals surface area contributed by atoms with E-state index < -0.39 is 17.1 Å². The van der Waals surface area contributed by atoms with Crippen molar-refractivity contribution in [3.05, 3.63) is 57.8 Å². The fourth-order valence-electron chi connectivity index (χ4n) is 3.64. The first-order chi connectivity index (χ1) is 14.1. The second kappa shape index (κ2) is 6.90. The number of phenolic OH excluding ortho intramolecular Hbond substituents is 2. The maximum atomic E-state index is 13.2. The molecule has 0 bridgehead atoms. The lowest BCUT2D eigenvalue weighted by Crippen LogP contribution is -2.29. The highest BCUT2D eigenvalue weighted by atomic mass is 17.1. The first-order valence-electron chi connectivity index (χ1n) is 9.44. The molecule has 30 heavy (non-hydrogen) atoms. The number of hydrogen-bond acceptors (Lipinski definition) is 7. The van der Waals surface area contributed by atoms with Crippen molar-refractivity contribution >= 4 is 28.0 Å². The lowest BCUT2D eigenvalue weighted by atomic mass is 9.92. The van der Waals surface area contributed by atoms with Gasteiger partial charge in [-0.15, -0.1) is 0 Å². The number of aromatic hydroxyl groups is 2. The van der Waals surface area contributed by atoms with Crippen molar-refractivity contribution in [1.82, 2.24) is 0 Å². The molecule has 0 aliphatic carbocycles. The van der Waals surface area contributed by atoms with E-state index >= 15 is 0 Å². The first kappa shape index (κ1) is 20.0. The van der Waals surface area contributed by atoms with Crippen molar-refractivity contribution in [2.45, 2.75) is 38.9 Å². The molecular formula is C23H22O7. The minimum Gasteiger partial charge on any atom is -0.508 e. The first-order valence-corrected chi connectivity index (χ1v) is 9.44. The average Bonchev–Trinajstić information content (AvgIpc) is 2.67. The van der Waals surface area contributed by atoms with Crippen LogP contribution in [0, 0.1) is 0 Å². The van der Waals surface area contributed by atoms with Crippen LogP contribution in [0.1, 0.15) is 31.9 Å². The summed E-state index contributed by atoms with van der Waals surface area (Å²) < 4.78 is 12.1. The Morgan fingerprint density at radius 2 is 2.03 bits per heavy atom. The van der Waals surface area contributed by atoms with Crippen molar-refractivity contribution in [1.29, 1.82) is 0 Å². The summed E-state index contributed by atoms with van der Waals surface area (Å²) in [5.74, 6) is -0.0174. The quantitative estimate of drug-likeness (QED) is 0.251. The standard InChI is InChI=1S/C23H22O7/c1-11(2)17(30-27)10-15-21-13(7-8-23(3,4)29-21)19(25)18-20(26)14-9-12(24)5-6-16(14)28-22(15)18/h5-9,17,24-25,27H,1,10H2,2-4H3/t17-/m1/s1. The topological polar surface area (TPSA) is 109 Å². The van der Waals surface area contributed by atoms with E-state index in [2.05, 4.69) is 11.5 Å². The Bertz CT molecular complexity index is 1280. The normalized spacial score (nSPS) is 15.7. The van der Waals surface area contributed by atoms with E-state index in [-0.39, 0.29) is 39.9 Å². The van der Waals surface area contributed by atoms with Crippen molar-refractivity contribution in [2.24, 2.45) is 0 Å². The molecule has 0 spiro atoms. The number of fused-ring (bicyclic) bond motifs is 3. The summed E-state index contributed by atoms with van der Waals surface area (Å²) in [7, 11) is 0. The van der Waals surface area contributed by atoms with Crippen LogP contribution >= 0.6 is 0 Å². The Morgan fingerprint density at radius 1 is 1.30 bits per heavy atom. The molecule has 0 amide bonds. The summed E-state index contributed by atoms with van der Waals surface area (Å²) in [6.45, 7) is 9.25. The molecule has 7 heteroatoms. The van der Waals surface area contributed by atoms with Crippen LogP contribution in [-0.4, -0.2) is 27.2 Å². The van der Waals surface area contributed by atoms with Crippen LogP contribution in [0.25, 0.3) is 28.0 Å². The molecule has 1 aliphatic heterocycles. The SMILES string of the molecule is C=C(C)[C@@H](Cc1c2c(c(O)c3c(=O)c4cc(O)ccc4oc13)C=CC(C)(C)O2)OO. The molecule has 2 heterocycles. The van der Waals surface area contributed by atoms with Gasteiger partial charge >= 0.3 is 0 Å². The largest absolute Gasteiger partial charge is 0.508 e. The molecule has 1 atom stereocenters. The molecular weight excluding hydrogens is 388 g/mol. The molecule has 0 fully saturated rings. The molecule has 7 nitrogen and oxygen atoms in total. The highest BCUT2D eigenvalue weighted by Gasteiger charge is 2.32. The minimum absolute atomic E-state index is 0.0341. The van der Waals surface area contributed by atoms with Crippen LogP contribution in [-0.2, 0) is 11.3 Å². The van der Waals surface area contributed by atoms with E-state index in [9.17, 15) is 20.3 Å². The average molecular weight is 410 g/mol. The van der Waals surface area contributed by atoms with Crippen molar-refractivity contribution in [3.8, 4) is 17.2 Å². The summed E-state index contributed by atoms with van der Waals surface area (Å²) in [6, 6.07) is 4.18. The zero-order valence-corrected chi connectivity index (χ0v) is 16.9. The summed E-state index contributed by atoms with van der Waals surface area (Å²) in [6.07, 6.45) is 2.79. The third-order valence-electron chi connectivity index (χ3n) is 5.24. The number of phenols is 2. The Morgan fingerprint density at radius 3 is 2.70 bits per heavy atom. The minimum atomic E-state index is -0.778. The van der Waals surface area contributed by atoms with Gasteiger partial charge in [0, 0.05) is 12.0 Å². The Kier molecular flexibility index (Phi) is 4.60. The van der Waals surface area contributed by atoms with Gasteiger partial charge in [0.2, 0.25) is 5.43 Å². The molecule has 2 aromatic carbocycles. The molecule has 3 aromatic rings. The second-order valence-corrected chi connectivity index (χ2v) is 8.07. The molecule has 0 unspecified atom stereocenters. The van der Waals surface area contributed by atoms with Crippen molar-refractivity contribution in [2.75, 3.05) is 0 Å². The molecule has 1 aromatic heterocycles. The van der Waals surface area contributed by atoms with Gasteiger partial charge in [-0.1, -0.05) is 6.58 Å². The molecule has 0 saturated carbocycles. The fraction of sp³-hybridized carbons (Fsp3) is 0.261. The van der Waals surface area contributed by atoms with Crippen molar-refractivity contribution < 1.29 is 29.5 Å². The van der Waals surface area contributed by atoms with Crippen LogP contribution in [0.4, 0.5) is 0 Å². The molecule has 4 rings (SSSR count). The lowest BCUT2D eigenvalue weighted by molar-refractivity contribution is -0.268. The highest BCUT2D eigenvalue weighted by Crippen LogP contribution is 2.45. The maximum absolute atomic E-state index is 13.2. The van der Waals surface area contributed by atoms with E-state index in [0.29, 0.717) is 22.4 Å². The van der Waals surface area contributed by atoms with E-state index in [1.807, 2.05) is 13.8 Å². The van der Waals surface area contributed by atoms with Gasteiger partial charge in [-0.25, -0.2) is 4.89 Å². The van der Waals surface area contributed by atoms with Gasteiger partial charge in [-0.3, -0.25) is 10.1 Å². The van der Waals surface area contributed by atoms with Gasteiger partial charge in [-0.2, -0.15) is 0 Å². The monoisotopic (exact) mass is 410 g/mol. The van der Waals surface area contributed by atoms with Crippen LogP contribution in [0.15, 0.2) is 45.6 Å². The number of hydrogen-bond donors (Lipinski definition) is 3. The summed E-state index contributed by atoms with van der Waals surface area (Å²) in [4.78, 5) is 17.8. The van der Waals surface area contributed by atoms with Gasteiger partial charge in [-0.05, 0) is 56.7 Å². The van der Waals surface area contributed by atoms with E-state index in [0.717, 1.165) is 0 Å². The highest BCUT2D eigenvalue weighted by molar-refractivity contribution is 5.99. The zero-order chi connectivity index (χ0) is 21.8. The van der Waals surface area contributed by atoms with Gasteiger partial charge in [0.1, 0.15) is 45.5 Å². The predicted octanol–water partition coefficient (Wildman–Crippen LogP) is 4.52. The second-order valence-electron chi connectivity index (χ2n) is 8.07. The van der Waals surface area contributed by atoms with E-state index in [1.165, 1.54) is 18.2 Å². The third kappa shape index (κ3) is 3.12. The fourth-order valence-corrected chi connectivity index (χ4v) is 3.64. The predicted molar refractivity (Wildman–Crippen MR) is 113 cm³/mol. The Labute approximate surface area is 172 Å². The Hall–Kier alpha value is -3.29. The third-order valence-corrected chi connectivity index (χ3v) is 5.24. The molecule has 156 valence electrons. The molecule has 1 aliphatic rings. The molecule has 0 saturated heterocycles. The van der Waals surface area contributed by atoms with Gasteiger partial charge < -0.3 is 19.4 Å². The maximum Gasteiger partial charge on any atom is 0.204 e. The van der Waals surface area contributed by atoms with E-state index in [4.69, 9.17) is 9.15 Å². The smallest absolute Gasteiger partial charge is 0.204 e. The summed E-state index contributed by atoms with van der Waals surface area (Å²) in [5, 5.41) is 30.2. The van der Waals surface area contributed by atoms with Gasteiger partial charge in [0.15, 0.2) is 0 Å². The summed E-state index contributed by atoms with van der Waals surface area (Å²) >= 11 is 0. The van der Waals surface area contributed by atoms with Crippen LogP contribution in [0.5, 0.6) is 17.2 Å². The van der Waals surface area contributed by atoms with Crippen LogP contribution < -0.4 is 10.2 Å². The zero-order valence-electron chi connectivity index (χ0n) is 16.9. The summed E-state index contributed by atoms with van der Waals surface area (Å²) in [5.41, 5.74) is 0.581. The Balaban J connectivity index is 2.15. The molecule has 3 N–H and O–H groups in total. The van der Waals surface area contributed by atoms with Gasteiger partial charge in [0.25, 0.3) is 0 Å². The number of rotatable bonds is 4. The van der Waals surface area contributed by atoms with Crippen LogP contribution in [0.2, 0.25) is 0 Å².